The van der Waals surface area contributed by atoms with Crippen LogP contribution in [-0.2, 0) is 11.7 Å². The van der Waals surface area contributed by atoms with Gasteiger partial charge in [0.2, 0.25) is 0 Å². The van der Waals surface area contributed by atoms with Gasteiger partial charge in [0.25, 0.3) is 5.91 Å². The van der Waals surface area contributed by atoms with E-state index in [0.29, 0.717) is 29.6 Å². The molecule has 34 heavy (non-hydrogen) atoms. The van der Waals surface area contributed by atoms with Gasteiger partial charge in [0.15, 0.2) is 0 Å². The molecule has 1 aromatic carbocycles. The molecule has 0 spiro atoms. The van der Waals surface area contributed by atoms with Gasteiger partial charge in [-0.25, -0.2) is 0 Å². The van der Waals surface area contributed by atoms with E-state index < -0.39 is 43.8 Å². The lowest BCUT2D eigenvalue weighted by molar-refractivity contribution is -0.137. The first kappa shape index (κ1) is 24.3. The number of fused-ring (bicyclic) bond motifs is 3. The number of nitrogens with two attached hydrogens (primary N) is 1. The fourth-order valence-electron chi connectivity index (χ4n) is 4.26. The molecule has 3 heterocycles. The van der Waals surface area contributed by atoms with E-state index in [9.17, 15) is 27.1 Å². The van der Waals surface area contributed by atoms with Crippen molar-refractivity contribution in [3.8, 4) is 5.75 Å². The van der Waals surface area contributed by atoms with Crippen LogP contribution >= 0.6 is 10.6 Å². The van der Waals surface area contributed by atoms with E-state index in [0.717, 1.165) is 12.1 Å². The Kier molecular flexibility index (Phi) is 5.61. The second-order valence-electron chi connectivity index (χ2n) is 8.97. The lowest BCUT2D eigenvalue weighted by atomic mass is 9.86. The number of pyridine rings is 1. The van der Waals surface area contributed by atoms with Crippen LogP contribution in [0, 0.1) is 0 Å². The highest BCUT2D eigenvalue weighted by Gasteiger charge is 2.57. The largest absolute Gasteiger partial charge is 0.493 e. The zero-order valence-electron chi connectivity index (χ0n) is 18.7. The Hall–Kier alpha value is -2.83. The topological polar surface area (TPSA) is 130 Å². The highest BCUT2D eigenvalue weighted by molar-refractivity contribution is 8.26. The number of benzene rings is 1. The van der Waals surface area contributed by atoms with Gasteiger partial charge in [0.1, 0.15) is 27.6 Å². The number of carbonyl (C=O) groups is 1. The van der Waals surface area contributed by atoms with Crippen LogP contribution in [-0.4, -0.2) is 42.4 Å². The average Bonchev–Trinajstić information content (AvgIpc) is 2.89. The predicted molar refractivity (Wildman–Crippen MR) is 123 cm³/mol. The summed E-state index contributed by atoms with van der Waals surface area (Å²) in [5, 5.41) is 1.92. The van der Waals surface area contributed by atoms with Crippen LogP contribution in [0.4, 0.5) is 18.9 Å². The van der Waals surface area contributed by atoms with Crippen molar-refractivity contribution in [1.82, 2.24) is 4.98 Å². The highest BCUT2D eigenvalue weighted by atomic mass is 32.3. The molecule has 2 aromatic rings. The van der Waals surface area contributed by atoms with Gasteiger partial charge in [0, 0.05) is 23.9 Å². The summed E-state index contributed by atoms with van der Waals surface area (Å²) < 4.78 is 65.4. The Morgan fingerprint density at radius 2 is 1.94 bits per heavy atom. The SMILES string of the molecule is CC1(C)C(N)=N[C@]2(C)c3cc(NC(=O)c4ccc(C(F)(F)F)cn4)ccc3OCC[C@H]2S1(O)O. The number of anilines is 1. The maximum atomic E-state index is 12.8. The van der Waals surface area contributed by atoms with E-state index in [1.165, 1.54) is 0 Å². The summed E-state index contributed by atoms with van der Waals surface area (Å²) in [4.78, 5) is 20.9. The van der Waals surface area contributed by atoms with Crippen LogP contribution in [0.2, 0.25) is 0 Å². The van der Waals surface area contributed by atoms with Gasteiger partial charge in [-0.15, -0.1) is 0 Å². The first-order chi connectivity index (χ1) is 15.7. The summed E-state index contributed by atoms with van der Waals surface area (Å²) in [6.45, 7) is 5.25. The molecule has 2 atom stereocenters. The van der Waals surface area contributed by atoms with E-state index in [2.05, 4.69) is 15.3 Å². The molecule has 0 radical (unpaired) electrons. The van der Waals surface area contributed by atoms with Crippen molar-refractivity contribution in [2.24, 2.45) is 10.7 Å². The standard InChI is InChI=1S/C22H25F3N4O4S/c1-20(2)19(26)29-21(3)14-10-13(5-7-16(14)33-9-8-17(21)34(20,31)32)28-18(30)15-6-4-12(11-27-15)22(23,24)25/h4-7,10-11,17,31-32H,8-9H2,1-3H3,(H2,26,29)(H,28,30)/t17-,21-/m1/s1. The van der Waals surface area contributed by atoms with Gasteiger partial charge < -0.3 is 15.8 Å². The average molecular weight is 499 g/mol. The molecule has 0 bridgehead atoms. The fraction of sp³-hybridized carbons (Fsp3) is 0.409. The maximum absolute atomic E-state index is 12.8. The van der Waals surface area contributed by atoms with Gasteiger partial charge in [-0.3, -0.25) is 23.9 Å². The van der Waals surface area contributed by atoms with Crippen LogP contribution in [0.1, 0.15) is 48.8 Å². The molecule has 0 saturated carbocycles. The van der Waals surface area contributed by atoms with Crippen molar-refractivity contribution in [3.63, 3.8) is 0 Å². The lowest BCUT2D eigenvalue weighted by Crippen LogP contribution is -2.56. The fourth-order valence-corrected chi connectivity index (χ4v) is 6.57. The number of amides is 1. The third kappa shape index (κ3) is 3.79. The zero-order chi connectivity index (χ0) is 25.1. The molecule has 0 aliphatic carbocycles. The van der Waals surface area contributed by atoms with Crippen molar-refractivity contribution >= 4 is 28.0 Å². The quantitative estimate of drug-likeness (QED) is 0.478. The summed E-state index contributed by atoms with van der Waals surface area (Å²) in [6, 6.07) is 6.56. The minimum atomic E-state index is -4.56. The number of rotatable bonds is 2. The molecular formula is C22H25F3N4O4S. The summed E-state index contributed by atoms with van der Waals surface area (Å²) in [6.07, 6.45) is -3.64. The Bertz CT molecular complexity index is 1170. The number of amidine groups is 1. The molecule has 2 aliphatic rings. The second-order valence-corrected chi connectivity index (χ2v) is 11.7. The maximum Gasteiger partial charge on any atom is 0.417 e. The molecular weight excluding hydrogens is 473 g/mol. The third-order valence-electron chi connectivity index (χ3n) is 6.49. The van der Waals surface area contributed by atoms with Crippen LogP contribution < -0.4 is 15.8 Å². The Labute approximate surface area is 195 Å². The van der Waals surface area contributed by atoms with E-state index >= 15 is 0 Å². The van der Waals surface area contributed by atoms with Gasteiger partial charge in [0.05, 0.1) is 17.4 Å². The zero-order valence-corrected chi connectivity index (χ0v) is 19.5. The smallest absolute Gasteiger partial charge is 0.417 e. The predicted octanol–water partition coefficient (Wildman–Crippen LogP) is 4.62. The normalized spacial score (nSPS) is 26.1. The monoisotopic (exact) mass is 498 g/mol. The van der Waals surface area contributed by atoms with E-state index in [1.54, 1.807) is 39.0 Å². The van der Waals surface area contributed by atoms with E-state index in [4.69, 9.17) is 10.5 Å². The Morgan fingerprint density at radius 3 is 2.56 bits per heavy atom. The van der Waals surface area contributed by atoms with E-state index in [-0.39, 0.29) is 18.1 Å². The number of nitrogens with zero attached hydrogens (tertiary/aromatic N) is 2. The molecule has 0 saturated heterocycles. The van der Waals surface area contributed by atoms with Crippen molar-refractivity contribution < 1.29 is 31.8 Å². The summed E-state index contributed by atoms with van der Waals surface area (Å²) >= 11 is 0. The molecule has 1 aromatic heterocycles. The van der Waals surface area contributed by atoms with Gasteiger partial charge in [-0.1, -0.05) is 0 Å². The summed E-state index contributed by atoms with van der Waals surface area (Å²) in [5.74, 6) is -0.147. The number of carbonyl (C=O) groups excluding carboxylic acids is 1. The molecule has 184 valence electrons. The van der Waals surface area contributed by atoms with Crippen molar-refractivity contribution in [2.75, 3.05) is 11.9 Å². The van der Waals surface area contributed by atoms with Gasteiger partial charge >= 0.3 is 6.18 Å². The van der Waals surface area contributed by atoms with Crippen LogP contribution in [0.25, 0.3) is 0 Å². The molecule has 8 nitrogen and oxygen atoms in total. The number of nitrogens with one attached hydrogen (secondary N) is 1. The van der Waals surface area contributed by atoms with Crippen molar-refractivity contribution in [3.05, 3.63) is 53.3 Å². The highest BCUT2D eigenvalue weighted by Crippen LogP contribution is 2.66. The number of hydrogen-bond acceptors (Lipinski definition) is 7. The molecule has 5 N–H and O–H groups in total. The van der Waals surface area contributed by atoms with Gasteiger partial charge in [-0.05, 0) is 51.1 Å². The molecule has 0 unspecified atom stereocenters. The first-order valence-electron chi connectivity index (χ1n) is 10.4. The van der Waals surface area contributed by atoms with Crippen LogP contribution in [0.15, 0.2) is 41.5 Å². The van der Waals surface area contributed by atoms with Crippen LogP contribution in [0.5, 0.6) is 5.75 Å². The minimum Gasteiger partial charge on any atom is -0.493 e. The number of hydrogen-bond donors (Lipinski definition) is 4. The number of halogens is 3. The van der Waals surface area contributed by atoms with Crippen LogP contribution in [0.3, 0.4) is 0 Å². The summed E-state index contributed by atoms with van der Waals surface area (Å²) in [5.41, 5.74) is 4.70. The Balaban J connectivity index is 1.70. The number of aromatic nitrogens is 1. The third-order valence-corrected chi connectivity index (χ3v) is 9.69. The molecule has 12 heteroatoms. The number of aliphatic imine (C=N–C) groups is 1. The van der Waals surface area contributed by atoms with Crippen molar-refractivity contribution in [1.29, 1.82) is 0 Å². The second kappa shape index (κ2) is 7.85. The summed E-state index contributed by atoms with van der Waals surface area (Å²) in [7, 11) is -3.26. The molecule has 4 rings (SSSR count). The number of alkyl halides is 3. The Morgan fingerprint density at radius 1 is 1.24 bits per heavy atom. The molecule has 2 aliphatic heterocycles. The van der Waals surface area contributed by atoms with E-state index in [1.807, 2.05) is 0 Å². The molecule has 0 fully saturated rings. The van der Waals surface area contributed by atoms with Gasteiger partial charge in [-0.2, -0.15) is 23.8 Å². The first-order valence-corrected chi connectivity index (χ1v) is 12.0. The number of ether oxygens (including phenoxy) is 1. The minimum absolute atomic E-state index is 0.0995. The van der Waals surface area contributed by atoms with Crippen molar-refractivity contribution in [2.45, 2.75) is 48.9 Å². The lowest BCUT2D eigenvalue weighted by Gasteiger charge is -2.58. The molecule has 1 amide bonds.